The number of rotatable bonds is 5. The first kappa shape index (κ1) is 20.3. The van der Waals surface area contributed by atoms with Crippen molar-refractivity contribution in [2.75, 3.05) is 19.7 Å². The standard InChI is InChI=1S/C24H29NO3S/c1-20-11-16-28-24(17-20)12-14-25(15-13-24)18-21-7-5-6-8-22(21)19-29(26,27)23-9-3-2-4-10-23/h2-10,17H,11-16,18-19H2,1H3. The molecule has 1 spiro atoms. The van der Waals surface area contributed by atoms with E-state index in [1.165, 1.54) is 5.57 Å². The highest BCUT2D eigenvalue weighted by molar-refractivity contribution is 7.90. The van der Waals surface area contributed by atoms with E-state index in [9.17, 15) is 8.42 Å². The number of sulfone groups is 1. The fourth-order valence-corrected chi connectivity index (χ4v) is 5.80. The van der Waals surface area contributed by atoms with Gasteiger partial charge in [0.1, 0.15) is 0 Å². The van der Waals surface area contributed by atoms with Crippen molar-refractivity contribution in [2.45, 2.75) is 49.0 Å². The van der Waals surface area contributed by atoms with Crippen LogP contribution >= 0.6 is 0 Å². The summed E-state index contributed by atoms with van der Waals surface area (Å²) in [6, 6.07) is 16.6. The number of likely N-dealkylation sites (tertiary alicyclic amines) is 1. The third kappa shape index (κ3) is 4.80. The molecule has 4 rings (SSSR count). The molecule has 5 heteroatoms. The summed E-state index contributed by atoms with van der Waals surface area (Å²) in [5.74, 6) is 0.0377. The number of piperidine rings is 1. The van der Waals surface area contributed by atoms with Crippen molar-refractivity contribution >= 4 is 9.84 Å². The molecule has 0 radical (unpaired) electrons. The Balaban J connectivity index is 1.45. The van der Waals surface area contributed by atoms with Crippen LogP contribution in [0.3, 0.4) is 0 Å². The Kier molecular flexibility index (Phi) is 5.91. The normalized spacial score (nSPS) is 19.8. The van der Waals surface area contributed by atoms with Gasteiger partial charge in [0.2, 0.25) is 0 Å². The van der Waals surface area contributed by atoms with E-state index in [-0.39, 0.29) is 11.4 Å². The highest BCUT2D eigenvalue weighted by Crippen LogP contribution is 2.33. The Morgan fingerprint density at radius 3 is 2.31 bits per heavy atom. The number of hydrogen-bond donors (Lipinski definition) is 0. The Bertz CT molecular complexity index is 974. The Morgan fingerprint density at radius 1 is 0.966 bits per heavy atom. The highest BCUT2D eigenvalue weighted by atomic mass is 32.2. The molecule has 0 N–H and O–H groups in total. The van der Waals surface area contributed by atoms with Crippen LogP contribution < -0.4 is 0 Å². The van der Waals surface area contributed by atoms with Crippen LogP contribution in [0.5, 0.6) is 0 Å². The van der Waals surface area contributed by atoms with Crippen LogP contribution in [0.15, 0.2) is 71.1 Å². The molecular weight excluding hydrogens is 382 g/mol. The number of ether oxygens (including phenoxy) is 1. The average Bonchev–Trinajstić information content (AvgIpc) is 2.72. The quantitative estimate of drug-likeness (QED) is 0.686. The average molecular weight is 412 g/mol. The summed E-state index contributed by atoms with van der Waals surface area (Å²) in [6.07, 6.45) is 5.35. The summed E-state index contributed by atoms with van der Waals surface area (Å²) in [6.45, 7) is 5.72. The molecule has 4 nitrogen and oxygen atoms in total. The van der Waals surface area contributed by atoms with E-state index in [1.807, 2.05) is 24.3 Å². The Morgan fingerprint density at radius 2 is 1.62 bits per heavy atom. The lowest BCUT2D eigenvalue weighted by atomic mass is 9.87. The second-order valence-corrected chi connectivity index (χ2v) is 10.3. The fraction of sp³-hybridized carbons (Fsp3) is 0.417. The second kappa shape index (κ2) is 8.42. The van der Waals surface area contributed by atoms with Crippen LogP contribution in [-0.4, -0.2) is 38.6 Å². The largest absolute Gasteiger partial charge is 0.370 e. The van der Waals surface area contributed by atoms with Gasteiger partial charge in [0, 0.05) is 19.6 Å². The summed E-state index contributed by atoms with van der Waals surface area (Å²) in [5.41, 5.74) is 3.33. The molecule has 0 saturated carbocycles. The molecule has 2 aromatic carbocycles. The molecule has 2 aliphatic rings. The first-order valence-corrected chi connectivity index (χ1v) is 12.0. The van der Waals surface area contributed by atoms with Crippen LogP contribution in [0.2, 0.25) is 0 Å². The Labute approximate surface area is 174 Å². The molecule has 0 amide bonds. The van der Waals surface area contributed by atoms with Gasteiger partial charge in [-0.15, -0.1) is 0 Å². The zero-order chi connectivity index (χ0) is 20.3. The minimum absolute atomic E-state index is 0.0377. The minimum atomic E-state index is -3.35. The van der Waals surface area contributed by atoms with Crippen LogP contribution in [-0.2, 0) is 26.9 Å². The van der Waals surface area contributed by atoms with E-state index in [0.717, 1.165) is 56.6 Å². The van der Waals surface area contributed by atoms with Gasteiger partial charge in [-0.1, -0.05) is 54.1 Å². The maximum atomic E-state index is 12.8. The number of benzene rings is 2. The van der Waals surface area contributed by atoms with Crippen LogP contribution in [0.1, 0.15) is 37.3 Å². The highest BCUT2D eigenvalue weighted by Gasteiger charge is 2.35. The summed E-state index contributed by atoms with van der Waals surface area (Å²) in [5, 5.41) is 0. The smallest absolute Gasteiger partial charge is 0.182 e. The minimum Gasteiger partial charge on any atom is -0.370 e. The summed E-state index contributed by atoms with van der Waals surface area (Å²) in [7, 11) is -3.35. The molecule has 29 heavy (non-hydrogen) atoms. The lowest BCUT2D eigenvalue weighted by Crippen LogP contribution is -2.46. The molecule has 0 unspecified atom stereocenters. The van der Waals surface area contributed by atoms with Crippen molar-refractivity contribution in [3.8, 4) is 0 Å². The van der Waals surface area contributed by atoms with Crippen molar-refractivity contribution in [3.63, 3.8) is 0 Å². The van der Waals surface area contributed by atoms with Crippen molar-refractivity contribution in [2.24, 2.45) is 0 Å². The van der Waals surface area contributed by atoms with Crippen LogP contribution in [0.25, 0.3) is 0 Å². The maximum absolute atomic E-state index is 12.8. The van der Waals surface area contributed by atoms with E-state index >= 15 is 0 Å². The van der Waals surface area contributed by atoms with E-state index < -0.39 is 9.84 Å². The van der Waals surface area contributed by atoms with E-state index in [1.54, 1.807) is 24.3 Å². The van der Waals surface area contributed by atoms with Crippen molar-refractivity contribution in [1.82, 2.24) is 4.90 Å². The molecule has 0 bridgehead atoms. The lowest BCUT2D eigenvalue weighted by Gasteiger charge is -2.42. The summed E-state index contributed by atoms with van der Waals surface area (Å²) >= 11 is 0. The predicted molar refractivity (Wildman–Crippen MR) is 115 cm³/mol. The SMILES string of the molecule is CC1=CC2(CCN(Cc3ccccc3CS(=O)(=O)c3ccccc3)CC2)OCC1. The molecule has 0 aromatic heterocycles. The zero-order valence-corrected chi connectivity index (χ0v) is 17.8. The number of nitrogens with zero attached hydrogens (tertiary/aromatic N) is 1. The second-order valence-electron chi connectivity index (χ2n) is 8.27. The topological polar surface area (TPSA) is 46.6 Å². The molecule has 0 atom stereocenters. The molecule has 154 valence electrons. The van der Waals surface area contributed by atoms with E-state index in [0.29, 0.717) is 4.90 Å². The predicted octanol–water partition coefficient (Wildman–Crippen LogP) is 4.36. The Hall–Kier alpha value is -1.95. The van der Waals surface area contributed by atoms with Gasteiger partial charge in [-0.25, -0.2) is 8.42 Å². The molecule has 1 saturated heterocycles. The van der Waals surface area contributed by atoms with Gasteiger partial charge in [0.05, 0.1) is 22.9 Å². The van der Waals surface area contributed by atoms with Crippen molar-refractivity contribution in [1.29, 1.82) is 0 Å². The third-order valence-corrected chi connectivity index (χ3v) is 7.74. The van der Waals surface area contributed by atoms with Gasteiger partial charge in [-0.3, -0.25) is 4.90 Å². The molecular formula is C24H29NO3S. The van der Waals surface area contributed by atoms with Gasteiger partial charge < -0.3 is 4.74 Å². The fourth-order valence-electron chi connectivity index (χ4n) is 4.37. The van der Waals surface area contributed by atoms with Gasteiger partial charge in [-0.05, 0) is 49.4 Å². The van der Waals surface area contributed by atoms with Crippen molar-refractivity contribution in [3.05, 3.63) is 77.4 Å². The van der Waals surface area contributed by atoms with Gasteiger partial charge in [0.25, 0.3) is 0 Å². The van der Waals surface area contributed by atoms with Crippen molar-refractivity contribution < 1.29 is 13.2 Å². The summed E-state index contributed by atoms with van der Waals surface area (Å²) < 4.78 is 31.8. The lowest BCUT2D eigenvalue weighted by molar-refractivity contribution is -0.0577. The first-order chi connectivity index (χ1) is 14.0. The zero-order valence-electron chi connectivity index (χ0n) is 17.0. The third-order valence-electron chi connectivity index (χ3n) is 6.06. The maximum Gasteiger partial charge on any atom is 0.182 e. The van der Waals surface area contributed by atoms with Gasteiger partial charge in [-0.2, -0.15) is 0 Å². The van der Waals surface area contributed by atoms with Gasteiger partial charge >= 0.3 is 0 Å². The monoisotopic (exact) mass is 411 g/mol. The van der Waals surface area contributed by atoms with Crippen LogP contribution in [0, 0.1) is 0 Å². The van der Waals surface area contributed by atoms with E-state index in [2.05, 4.69) is 24.0 Å². The molecule has 2 aliphatic heterocycles. The first-order valence-electron chi connectivity index (χ1n) is 10.4. The number of hydrogen-bond acceptors (Lipinski definition) is 4. The molecule has 1 fully saturated rings. The van der Waals surface area contributed by atoms with Crippen LogP contribution in [0.4, 0.5) is 0 Å². The molecule has 2 heterocycles. The molecule has 2 aromatic rings. The summed E-state index contributed by atoms with van der Waals surface area (Å²) in [4.78, 5) is 2.80. The van der Waals surface area contributed by atoms with E-state index in [4.69, 9.17) is 4.74 Å². The molecule has 0 aliphatic carbocycles. The van der Waals surface area contributed by atoms with Gasteiger partial charge in [0.15, 0.2) is 9.84 Å².